The van der Waals surface area contributed by atoms with Crippen LogP contribution in [0.3, 0.4) is 0 Å². The maximum absolute atomic E-state index is 10.2. The predicted octanol–water partition coefficient (Wildman–Crippen LogP) is -2.51. The SMILES string of the molecule is OC[C@@]1(O[C@H]2OC(CI)[C@@H](O)[C@H](O)C2O)O[C@H](CI)[C@@H](O)[C@@H]1O. The zero-order valence-electron chi connectivity index (χ0n) is 11.9. The monoisotopic (exact) mass is 562 g/mol. The highest BCUT2D eigenvalue weighted by Gasteiger charge is 2.58. The van der Waals surface area contributed by atoms with Crippen molar-refractivity contribution in [3.8, 4) is 0 Å². The van der Waals surface area contributed by atoms with Crippen LogP contribution in [0.1, 0.15) is 0 Å². The van der Waals surface area contributed by atoms with Gasteiger partial charge in [0.05, 0.1) is 12.2 Å². The molecule has 2 rings (SSSR count). The van der Waals surface area contributed by atoms with Gasteiger partial charge in [-0.25, -0.2) is 0 Å². The van der Waals surface area contributed by atoms with Crippen molar-refractivity contribution in [1.82, 2.24) is 0 Å². The van der Waals surface area contributed by atoms with Crippen molar-refractivity contribution in [2.75, 3.05) is 15.5 Å². The molecule has 9 atom stereocenters. The summed E-state index contributed by atoms with van der Waals surface area (Å²) in [5, 5.41) is 59.4. The van der Waals surface area contributed by atoms with Crippen LogP contribution in [-0.2, 0) is 14.2 Å². The summed E-state index contributed by atoms with van der Waals surface area (Å²) in [7, 11) is 0. The summed E-state index contributed by atoms with van der Waals surface area (Å²) in [5.41, 5.74) is 0. The molecule has 0 aromatic heterocycles. The third-order valence-corrected chi connectivity index (χ3v) is 5.75. The van der Waals surface area contributed by atoms with E-state index in [1.807, 2.05) is 45.2 Å². The van der Waals surface area contributed by atoms with Gasteiger partial charge in [-0.1, -0.05) is 45.2 Å². The van der Waals surface area contributed by atoms with Crippen LogP contribution in [0.15, 0.2) is 0 Å². The van der Waals surface area contributed by atoms with Crippen LogP contribution in [-0.4, -0.2) is 101 Å². The van der Waals surface area contributed by atoms with E-state index < -0.39 is 61.4 Å². The molecule has 0 radical (unpaired) electrons. The second-order valence-corrected chi connectivity index (χ2v) is 7.26. The fraction of sp³-hybridized carbons (Fsp3) is 1.00. The van der Waals surface area contributed by atoms with E-state index in [1.54, 1.807) is 0 Å². The molecular formula is C12H20I2O9. The fourth-order valence-electron chi connectivity index (χ4n) is 2.59. The van der Waals surface area contributed by atoms with Crippen molar-refractivity contribution < 1.29 is 44.8 Å². The smallest absolute Gasteiger partial charge is 0.223 e. The summed E-state index contributed by atoms with van der Waals surface area (Å²) in [6.07, 6.45) is -10.3. The lowest BCUT2D eigenvalue weighted by atomic mass is 9.99. The first-order valence-corrected chi connectivity index (χ1v) is 10.0. The lowest BCUT2D eigenvalue weighted by Gasteiger charge is -2.43. The van der Waals surface area contributed by atoms with Gasteiger partial charge in [-0.2, -0.15) is 0 Å². The van der Waals surface area contributed by atoms with E-state index in [1.165, 1.54) is 0 Å². The lowest BCUT2D eigenvalue weighted by molar-refractivity contribution is -0.378. The van der Waals surface area contributed by atoms with Crippen LogP contribution in [0, 0.1) is 0 Å². The Morgan fingerprint density at radius 1 is 0.870 bits per heavy atom. The number of hydrogen-bond donors (Lipinski definition) is 6. The molecule has 2 saturated heterocycles. The maximum Gasteiger partial charge on any atom is 0.223 e. The molecule has 11 heteroatoms. The normalized spacial score (nSPS) is 51.1. The van der Waals surface area contributed by atoms with Gasteiger partial charge in [-0.3, -0.25) is 0 Å². The van der Waals surface area contributed by atoms with Crippen molar-refractivity contribution in [2.24, 2.45) is 0 Å². The molecule has 0 aromatic carbocycles. The number of aliphatic hydroxyl groups is 6. The van der Waals surface area contributed by atoms with E-state index in [9.17, 15) is 30.6 Å². The fourth-order valence-corrected chi connectivity index (χ4v) is 4.01. The number of ether oxygens (including phenoxy) is 3. The third kappa shape index (κ3) is 3.79. The molecule has 23 heavy (non-hydrogen) atoms. The molecule has 0 saturated carbocycles. The Labute approximate surface area is 159 Å². The van der Waals surface area contributed by atoms with Gasteiger partial charge in [0.25, 0.3) is 0 Å². The Bertz CT molecular complexity index is 401. The van der Waals surface area contributed by atoms with Crippen LogP contribution in [0.5, 0.6) is 0 Å². The topological polar surface area (TPSA) is 149 Å². The van der Waals surface area contributed by atoms with Crippen molar-refractivity contribution in [1.29, 1.82) is 0 Å². The molecule has 0 aliphatic carbocycles. The first-order valence-electron chi connectivity index (χ1n) is 6.95. The summed E-state index contributed by atoms with van der Waals surface area (Å²) in [4.78, 5) is 0. The molecule has 9 nitrogen and oxygen atoms in total. The molecule has 6 N–H and O–H groups in total. The third-order valence-electron chi connectivity index (χ3n) is 4.01. The van der Waals surface area contributed by atoms with E-state index in [2.05, 4.69) is 0 Å². The number of aliphatic hydroxyl groups excluding tert-OH is 6. The molecule has 2 heterocycles. The maximum atomic E-state index is 10.2. The van der Waals surface area contributed by atoms with Gasteiger partial charge >= 0.3 is 0 Å². The predicted molar refractivity (Wildman–Crippen MR) is 92.2 cm³/mol. The Morgan fingerprint density at radius 3 is 1.96 bits per heavy atom. The Hall–Kier alpha value is 1.10. The van der Waals surface area contributed by atoms with Gasteiger partial charge in [0.15, 0.2) is 6.29 Å². The molecule has 0 bridgehead atoms. The van der Waals surface area contributed by atoms with Crippen molar-refractivity contribution in [3.05, 3.63) is 0 Å². The number of halogens is 2. The number of hydrogen-bond acceptors (Lipinski definition) is 9. The van der Waals surface area contributed by atoms with Crippen LogP contribution < -0.4 is 0 Å². The molecule has 2 aliphatic heterocycles. The average molecular weight is 562 g/mol. The largest absolute Gasteiger partial charge is 0.391 e. The zero-order chi connectivity index (χ0) is 17.4. The quantitative estimate of drug-likeness (QED) is 0.158. The summed E-state index contributed by atoms with van der Waals surface area (Å²) < 4.78 is 16.9. The van der Waals surface area contributed by atoms with E-state index in [-0.39, 0.29) is 0 Å². The lowest BCUT2D eigenvalue weighted by Crippen LogP contribution is -2.62. The van der Waals surface area contributed by atoms with E-state index in [0.717, 1.165) is 0 Å². The van der Waals surface area contributed by atoms with Crippen molar-refractivity contribution >= 4 is 45.2 Å². The summed E-state index contributed by atoms with van der Waals surface area (Å²) in [6.45, 7) is -0.793. The van der Waals surface area contributed by atoms with Gasteiger partial charge in [-0.15, -0.1) is 0 Å². The molecule has 2 fully saturated rings. The van der Waals surface area contributed by atoms with E-state index in [0.29, 0.717) is 8.86 Å². The van der Waals surface area contributed by atoms with Crippen molar-refractivity contribution in [3.63, 3.8) is 0 Å². The van der Waals surface area contributed by atoms with Crippen molar-refractivity contribution in [2.45, 2.75) is 54.8 Å². The Morgan fingerprint density at radius 2 is 1.48 bits per heavy atom. The second-order valence-electron chi connectivity index (χ2n) is 5.50. The minimum Gasteiger partial charge on any atom is -0.391 e. The molecule has 0 amide bonds. The first-order chi connectivity index (χ1) is 10.8. The minimum atomic E-state index is -1.99. The van der Waals surface area contributed by atoms with Gasteiger partial charge in [-0.05, 0) is 0 Å². The standard InChI is InChI=1S/C12H20I2O9/c13-1-4-6(16)8(18)9(19)11(21-4)23-12(3-15)10(20)7(17)5(2-14)22-12/h4-11,15-20H,1-3H2/t4?,5-,6-,7-,8+,9?,10+,11-,12+/m1/s1. The van der Waals surface area contributed by atoms with E-state index in [4.69, 9.17) is 14.2 Å². The van der Waals surface area contributed by atoms with Gasteiger partial charge in [0.1, 0.15) is 37.1 Å². The zero-order valence-corrected chi connectivity index (χ0v) is 16.2. The summed E-state index contributed by atoms with van der Waals surface area (Å²) in [5.74, 6) is -1.99. The average Bonchev–Trinajstić information content (AvgIpc) is 2.80. The first kappa shape index (κ1) is 20.4. The van der Waals surface area contributed by atoms with Gasteiger partial charge < -0.3 is 44.8 Å². The summed E-state index contributed by atoms with van der Waals surface area (Å²) >= 11 is 3.89. The van der Waals surface area contributed by atoms with Crippen LogP contribution in [0.25, 0.3) is 0 Å². The minimum absolute atomic E-state index is 0.317. The Balaban J connectivity index is 2.18. The number of alkyl halides is 2. The molecule has 2 unspecified atom stereocenters. The second kappa shape index (κ2) is 8.20. The van der Waals surface area contributed by atoms with Crippen LogP contribution in [0.2, 0.25) is 0 Å². The van der Waals surface area contributed by atoms with E-state index >= 15 is 0 Å². The Kier molecular flexibility index (Phi) is 7.27. The molecule has 0 spiro atoms. The highest BCUT2D eigenvalue weighted by Crippen LogP contribution is 2.36. The number of rotatable bonds is 5. The van der Waals surface area contributed by atoms with Crippen LogP contribution >= 0.6 is 45.2 Å². The van der Waals surface area contributed by atoms with Crippen LogP contribution in [0.4, 0.5) is 0 Å². The molecular weight excluding hydrogens is 542 g/mol. The highest BCUT2D eigenvalue weighted by atomic mass is 127. The molecule has 136 valence electrons. The van der Waals surface area contributed by atoms with Gasteiger partial charge in [0.2, 0.25) is 5.79 Å². The highest BCUT2D eigenvalue weighted by molar-refractivity contribution is 14.1. The summed E-state index contributed by atoms with van der Waals surface area (Å²) in [6, 6.07) is 0. The van der Waals surface area contributed by atoms with Gasteiger partial charge in [0, 0.05) is 8.86 Å². The molecule has 2 aliphatic rings. The molecule has 0 aromatic rings.